The third-order valence-corrected chi connectivity index (χ3v) is 7.85. The molecule has 0 aliphatic carbocycles. The summed E-state index contributed by atoms with van der Waals surface area (Å²) in [7, 11) is 0. The molecular weight excluding hydrogens is 581 g/mol. The van der Waals surface area contributed by atoms with E-state index in [1.165, 1.54) is 4.90 Å². The first-order chi connectivity index (χ1) is 17.4. The standard InChI is InChI=1S/C28H18BrCl2NO3S/c29-23-12-17(8-11-25(23)35-16-20-9-10-21(30)14-24(20)31)13-26-27(33)32(28(34)36-26)15-19-6-3-5-18-4-1-2-7-22(18)19/h1-14H,15-16H2/b26-13-. The van der Waals surface area contributed by atoms with Gasteiger partial charge < -0.3 is 4.74 Å². The summed E-state index contributed by atoms with van der Waals surface area (Å²) in [6.07, 6.45) is 1.72. The van der Waals surface area contributed by atoms with E-state index in [9.17, 15) is 9.59 Å². The summed E-state index contributed by atoms with van der Waals surface area (Å²) in [4.78, 5) is 27.5. The van der Waals surface area contributed by atoms with Crippen molar-refractivity contribution in [2.45, 2.75) is 13.2 Å². The van der Waals surface area contributed by atoms with Crippen molar-refractivity contribution >= 4 is 78.9 Å². The summed E-state index contributed by atoms with van der Waals surface area (Å²) in [6.45, 7) is 0.508. The second-order valence-electron chi connectivity index (χ2n) is 8.12. The summed E-state index contributed by atoms with van der Waals surface area (Å²) in [5, 5.41) is 2.92. The number of ether oxygens (including phenoxy) is 1. The van der Waals surface area contributed by atoms with Crippen molar-refractivity contribution in [1.29, 1.82) is 0 Å². The molecule has 0 N–H and O–H groups in total. The smallest absolute Gasteiger partial charge is 0.293 e. The van der Waals surface area contributed by atoms with Crippen molar-refractivity contribution in [2.24, 2.45) is 0 Å². The van der Waals surface area contributed by atoms with Gasteiger partial charge in [0.2, 0.25) is 0 Å². The molecule has 1 aliphatic heterocycles. The SMILES string of the molecule is O=C1S/C(=C\c2ccc(OCc3ccc(Cl)cc3Cl)c(Br)c2)C(=O)N1Cc1cccc2ccccc12. The van der Waals surface area contributed by atoms with Crippen LogP contribution in [0.1, 0.15) is 16.7 Å². The third-order valence-electron chi connectivity index (χ3n) is 5.73. The fraction of sp³-hybridized carbons (Fsp3) is 0.0714. The van der Waals surface area contributed by atoms with Crippen LogP contribution in [-0.2, 0) is 17.9 Å². The van der Waals surface area contributed by atoms with Crippen molar-refractivity contribution in [1.82, 2.24) is 4.90 Å². The molecule has 0 atom stereocenters. The molecule has 1 heterocycles. The van der Waals surface area contributed by atoms with E-state index in [1.807, 2.05) is 60.7 Å². The average molecular weight is 599 g/mol. The highest BCUT2D eigenvalue weighted by molar-refractivity contribution is 9.10. The lowest BCUT2D eigenvalue weighted by Crippen LogP contribution is -2.27. The highest BCUT2D eigenvalue weighted by Crippen LogP contribution is 2.36. The maximum Gasteiger partial charge on any atom is 0.293 e. The molecule has 0 spiro atoms. The van der Waals surface area contributed by atoms with Crippen molar-refractivity contribution < 1.29 is 14.3 Å². The molecule has 0 aromatic heterocycles. The Morgan fingerprint density at radius 2 is 1.72 bits per heavy atom. The van der Waals surface area contributed by atoms with Crippen molar-refractivity contribution in [3.05, 3.63) is 115 Å². The molecule has 36 heavy (non-hydrogen) atoms. The minimum Gasteiger partial charge on any atom is -0.488 e. The van der Waals surface area contributed by atoms with E-state index < -0.39 is 0 Å². The van der Waals surface area contributed by atoms with Gasteiger partial charge in [0.25, 0.3) is 11.1 Å². The Bertz CT molecular complexity index is 1530. The van der Waals surface area contributed by atoms with E-state index in [2.05, 4.69) is 15.9 Å². The fourth-order valence-corrected chi connectivity index (χ4v) is 5.72. The van der Waals surface area contributed by atoms with Gasteiger partial charge in [-0.05, 0) is 79.9 Å². The largest absolute Gasteiger partial charge is 0.488 e. The number of thioether (sulfide) groups is 1. The Labute approximate surface area is 231 Å². The number of carbonyl (C=O) groups is 2. The van der Waals surface area contributed by atoms with E-state index in [1.54, 1.807) is 24.3 Å². The van der Waals surface area contributed by atoms with Gasteiger partial charge >= 0.3 is 0 Å². The van der Waals surface area contributed by atoms with Gasteiger partial charge in [-0.25, -0.2) is 0 Å². The number of nitrogens with zero attached hydrogens (tertiary/aromatic N) is 1. The number of carbonyl (C=O) groups excluding carboxylic acids is 2. The summed E-state index contributed by atoms with van der Waals surface area (Å²) in [5.41, 5.74) is 2.52. The Morgan fingerprint density at radius 1 is 0.917 bits per heavy atom. The van der Waals surface area contributed by atoms with Crippen LogP contribution < -0.4 is 4.74 Å². The Kier molecular flexibility index (Phi) is 7.39. The third kappa shape index (κ3) is 5.32. The zero-order valence-corrected chi connectivity index (χ0v) is 22.6. The molecule has 4 aromatic carbocycles. The summed E-state index contributed by atoms with van der Waals surface area (Å²) >= 11 is 16.7. The minimum absolute atomic E-state index is 0.229. The Hall–Kier alpha value is -2.77. The molecular formula is C28H18BrCl2NO3S. The second kappa shape index (κ2) is 10.7. The molecule has 4 nitrogen and oxygen atoms in total. The van der Waals surface area contributed by atoms with Crippen molar-refractivity contribution in [3.8, 4) is 5.75 Å². The monoisotopic (exact) mass is 597 g/mol. The lowest BCUT2D eigenvalue weighted by Gasteiger charge is -2.14. The van der Waals surface area contributed by atoms with E-state index in [0.29, 0.717) is 20.7 Å². The van der Waals surface area contributed by atoms with Crippen LogP contribution in [0.25, 0.3) is 16.8 Å². The lowest BCUT2D eigenvalue weighted by atomic mass is 10.0. The maximum absolute atomic E-state index is 13.1. The Balaban J connectivity index is 1.31. The predicted molar refractivity (Wildman–Crippen MR) is 150 cm³/mol. The number of imide groups is 1. The van der Waals surface area contributed by atoms with Crippen LogP contribution in [0.5, 0.6) is 5.75 Å². The number of benzene rings is 4. The zero-order chi connectivity index (χ0) is 25.2. The first-order valence-electron chi connectivity index (χ1n) is 11.0. The molecule has 0 bridgehead atoms. The molecule has 4 aromatic rings. The van der Waals surface area contributed by atoms with Crippen LogP contribution in [0.3, 0.4) is 0 Å². The molecule has 180 valence electrons. The quantitative estimate of drug-likeness (QED) is 0.208. The summed E-state index contributed by atoms with van der Waals surface area (Å²) in [6, 6.07) is 24.6. The average Bonchev–Trinajstić information content (AvgIpc) is 3.12. The molecule has 2 amide bonds. The minimum atomic E-state index is -0.299. The van der Waals surface area contributed by atoms with Crippen LogP contribution in [-0.4, -0.2) is 16.0 Å². The maximum atomic E-state index is 13.1. The molecule has 0 saturated carbocycles. The molecule has 5 rings (SSSR count). The first-order valence-corrected chi connectivity index (χ1v) is 13.3. The topological polar surface area (TPSA) is 46.6 Å². The fourth-order valence-electron chi connectivity index (χ4n) is 3.91. The zero-order valence-electron chi connectivity index (χ0n) is 18.7. The first kappa shape index (κ1) is 24.9. The molecule has 0 radical (unpaired) electrons. The Morgan fingerprint density at radius 3 is 2.53 bits per heavy atom. The van der Waals surface area contributed by atoms with E-state index in [0.717, 1.165) is 43.7 Å². The summed E-state index contributed by atoms with van der Waals surface area (Å²) in [5.74, 6) is 0.328. The predicted octanol–water partition coefficient (Wildman–Crippen LogP) is 8.72. The lowest BCUT2D eigenvalue weighted by molar-refractivity contribution is -0.123. The van der Waals surface area contributed by atoms with Crippen molar-refractivity contribution in [3.63, 3.8) is 0 Å². The van der Waals surface area contributed by atoms with Gasteiger partial charge in [-0.1, -0.05) is 77.8 Å². The van der Waals surface area contributed by atoms with Crippen LogP contribution >= 0.6 is 50.9 Å². The van der Waals surface area contributed by atoms with Gasteiger partial charge in [-0.3, -0.25) is 14.5 Å². The van der Waals surface area contributed by atoms with Gasteiger partial charge in [-0.2, -0.15) is 0 Å². The molecule has 1 fully saturated rings. The number of hydrogen-bond acceptors (Lipinski definition) is 4. The number of rotatable bonds is 6. The van der Waals surface area contributed by atoms with Gasteiger partial charge in [0.05, 0.1) is 15.9 Å². The van der Waals surface area contributed by atoms with Gasteiger partial charge in [0, 0.05) is 15.6 Å². The van der Waals surface area contributed by atoms with Crippen LogP contribution in [0, 0.1) is 0 Å². The molecule has 8 heteroatoms. The van der Waals surface area contributed by atoms with Gasteiger partial charge in [0.15, 0.2) is 0 Å². The number of hydrogen-bond donors (Lipinski definition) is 0. The number of halogens is 3. The van der Waals surface area contributed by atoms with Gasteiger partial charge in [-0.15, -0.1) is 0 Å². The highest BCUT2D eigenvalue weighted by atomic mass is 79.9. The van der Waals surface area contributed by atoms with Crippen molar-refractivity contribution in [2.75, 3.05) is 0 Å². The van der Waals surface area contributed by atoms with Gasteiger partial charge in [0.1, 0.15) is 12.4 Å². The van der Waals surface area contributed by atoms with E-state index in [-0.39, 0.29) is 24.3 Å². The van der Waals surface area contributed by atoms with E-state index in [4.69, 9.17) is 27.9 Å². The number of amides is 2. The molecule has 0 unspecified atom stereocenters. The molecule has 1 aliphatic rings. The molecule has 1 saturated heterocycles. The van der Waals surface area contributed by atoms with Crippen LogP contribution in [0.2, 0.25) is 10.0 Å². The van der Waals surface area contributed by atoms with Crippen LogP contribution in [0.15, 0.2) is 88.2 Å². The highest BCUT2D eigenvalue weighted by Gasteiger charge is 2.35. The number of fused-ring (bicyclic) bond motifs is 1. The second-order valence-corrected chi connectivity index (χ2v) is 10.8. The van der Waals surface area contributed by atoms with Crippen LogP contribution in [0.4, 0.5) is 4.79 Å². The van der Waals surface area contributed by atoms with E-state index >= 15 is 0 Å². The normalized spacial score (nSPS) is 14.8. The summed E-state index contributed by atoms with van der Waals surface area (Å²) < 4.78 is 6.61.